The predicted molar refractivity (Wildman–Crippen MR) is 116 cm³/mol. The smallest absolute Gasteiger partial charge is 0.333 e. The number of hydrogen-bond donors (Lipinski definition) is 0. The minimum Gasteiger partial charge on any atom is -0.500 e. The quantitative estimate of drug-likeness (QED) is 0.333. The van der Waals surface area contributed by atoms with Crippen molar-refractivity contribution >= 4 is 40.2 Å². The van der Waals surface area contributed by atoms with E-state index >= 15 is 0 Å². The summed E-state index contributed by atoms with van der Waals surface area (Å²) in [6.45, 7) is 6.26. The van der Waals surface area contributed by atoms with Gasteiger partial charge >= 0.3 is 5.97 Å². The van der Waals surface area contributed by atoms with Crippen LogP contribution in [0, 0.1) is 11.8 Å². The van der Waals surface area contributed by atoms with Crippen LogP contribution in [0.2, 0.25) is 0 Å². The van der Waals surface area contributed by atoms with Gasteiger partial charge in [-0.15, -0.1) is 23.1 Å². The Morgan fingerprint density at radius 3 is 2.57 bits per heavy atom. The van der Waals surface area contributed by atoms with Gasteiger partial charge in [0.25, 0.3) is 0 Å². The molecule has 0 radical (unpaired) electrons. The number of carbonyl (C=O) groups excluding carboxylic acids is 1. The summed E-state index contributed by atoms with van der Waals surface area (Å²) in [6, 6.07) is 0.148. The van der Waals surface area contributed by atoms with Gasteiger partial charge in [-0.1, -0.05) is 26.8 Å². The van der Waals surface area contributed by atoms with E-state index in [0.717, 1.165) is 16.5 Å². The number of aliphatic imine (C=N–C) groups is 1. The van der Waals surface area contributed by atoms with Crippen molar-refractivity contribution in [1.82, 2.24) is 4.98 Å². The van der Waals surface area contributed by atoms with Gasteiger partial charge in [0.2, 0.25) is 0 Å². The number of ether oxygens (including phenoxy) is 3. The number of carbonyl (C=O) groups is 1. The molecule has 3 atom stereocenters. The van der Waals surface area contributed by atoms with Crippen molar-refractivity contribution in [2.45, 2.75) is 32.9 Å². The van der Waals surface area contributed by atoms with Crippen molar-refractivity contribution in [2.24, 2.45) is 16.8 Å². The number of aromatic nitrogens is 1. The molecule has 0 fully saturated rings. The third-order valence-corrected chi connectivity index (χ3v) is 6.68. The topological polar surface area (TPSA) is 70.0 Å². The van der Waals surface area contributed by atoms with E-state index in [4.69, 9.17) is 19.5 Å². The Morgan fingerprint density at radius 2 is 2.00 bits per heavy atom. The van der Waals surface area contributed by atoms with Crippen LogP contribution in [0.25, 0.3) is 6.08 Å². The maximum Gasteiger partial charge on any atom is 0.333 e. The van der Waals surface area contributed by atoms with Gasteiger partial charge in [-0.05, 0) is 6.08 Å². The molecule has 154 valence electrons. The van der Waals surface area contributed by atoms with Crippen LogP contribution < -0.4 is 0 Å². The van der Waals surface area contributed by atoms with Crippen LogP contribution >= 0.6 is 23.1 Å². The fourth-order valence-corrected chi connectivity index (χ4v) is 4.75. The lowest BCUT2D eigenvalue weighted by Crippen LogP contribution is -2.21. The first-order valence-corrected chi connectivity index (χ1v) is 11.0. The highest BCUT2D eigenvalue weighted by Gasteiger charge is 2.24. The normalized spacial score (nSPS) is 19.8. The van der Waals surface area contributed by atoms with Crippen molar-refractivity contribution in [1.29, 1.82) is 0 Å². The lowest BCUT2D eigenvalue weighted by Gasteiger charge is -2.21. The average molecular weight is 425 g/mol. The van der Waals surface area contributed by atoms with Crippen molar-refractivity contribution in [3.8, 4) is 0 Å². The number of nitrogens with zero attached hydrogens (tertiary/aromatic N) is 2. The van der Waals surface area contributed by atoms with Crippen LogP contribution in [0.5, 0.6) is 0 Å². The SMILES string of the molecule is COC(=O)/C=C(/OC)C(C)C(/C=C/c1csc(C2CSC(C(C)C)=N2)n1)OC. The summed E-state index contributed by atoms with van der Waals surface area (Å²) in [7, 11) is 4.49. The molecule has 2 rings (SSSR count). The van der Waals surface area contributed by atoms with Crippen molar-refractivity contribution in [2.75, 3.05) is 27.1 Å². The first kappa shape index (κ1) is 22.6. The molecule has 8 heteroatoms. The molecule has 0 bridgehead atoms. The lowest BCUT2D eigenvalue weighted by atomic mass is 10.0. The Morgan fingerprint density at radius 1 is 1.25 bits per heavy atom. The predicted octanol–water partition coefficient (Wildman–Crippen LogP) is 4.35. The van der Waals surface area contributed by atoms with Gasteiger partial charge in [-0.2, -0.15) is 0 Å². The summed E-state index contributed by atoms with van der Waals surface area (Å²) in [5.74, 6) is 1.31. The number of rotatable bonds is 9. The maximum atomic E-state index is 11.5. The van der Waals surface area contributed by atoms with E-state index in [9.17, 15) is 4.79 Å². The third-order valence-electron chi connectivity index (χ3n) is 4.36. The summed E-state index contributed by atoms with van der Waals surface area (Å²) in [4.78, 5) is 21.0. The van der Waals surface area contributed by atoms with E-state index < -0.39 is 5.97 Å². The number of thioether (sulfide) groups is 1. The summed E-state index contributed by atoms with van der Waals surface area (Å²) in [5, 5.41) is 4.27. The second-order valence-corrected chi connectivity index (χ2v) is 8.61. The summed E-state index contributed by atoms with van der Waals surface area (Å²) in [6.07, 6.45) is 4.94. The molecular weight excluding hydrogens is 396 g/mol. The molecule has 1 aliphatic heterocycles. The Labute approximate surface area is 175 Å². The van der Waals surface area contributed by atoms with Crippen LogP contribution in [0.4, 0.5) is 0 Å². The van der Waals surface area contributed by atoms with Gasteiger partial charge < -0.3 is 14.2 Å². The third kappa shape index (κ3) is 5.93. The molecule has 0 N–H and O–H groups in total. The second kappa shape index (κ2) is 10.8. The lowest BCUT2D eigenvalue weighted by molar-refractivity contribution is -0.135. The second-order valence-electron chi connectivity index (χ2n) is 6.68. The average Bonchev–Trinajstić information content (AvgIpc) is 3.35. The molecule has 28 heavy (non-hydrogen) atoms. The largest absolute Gasteiger partial charge is 0.500 e. The van der Waals surface area contributed by atoms with Crippen molar-refractivity contribution in [3.63, 3.8) is 0 Å². The highest BCUT2D eigenvalue weighted by Crippen LogP contribution is 2.34. The maximum absolute atomic E-state index is 11.5. The van der Waals surface area contributed by atoms with Crippen LogP contribution in [0.1, 0.15) is 37.5 Å². The fraction of sp³-hybridized carbons (Fsp3) is 0.550. The van der Waals surface area contributed by atoms with Gasteiger partial charge in [0.1, 0.15) is 16.8 Å². The number of hydrogen-bond acceptors (Lipinski definition) is 8. The Bertz CT molecular complexity index is 755. The number of methoxy groups -OCH3 is 3. The van der Waals surface area contributed by atoms with Crippen LogP contribution in [-0.2, 0) is 19.0 Å². The van der Waals surface area contributed by atoms with E-state index in [1.165, 1.54) is 25.3 Å². The van der Waals surface area contributed by atoms with Gasteiger partial charge in [0.15, 0.2) is 0 Å². The molecule has 6 nitrogen and oxygen atoms in total. The van der Waals surface area contributed by atoms with Gasteiger partial charge in [-0.3, -0.25) is 4.99 Å². The minimum atomic E-state index is -0.456. The molecule has 3 unspecified atom stereocenters. The van der Waals surface area contributed by atoms with E-state index in [0.29, 0.717) is 11.7 Å². The zero-order valence-electron chi connectivity index (χ0n) is 17.2. The van der Waals surface area contributed by atoms with E-state index in [1.807, 2.05) is 36.2 Å². The standard InChI is InChI=1S/C20H28N2O4S2/c1-12(2)19-22-15(11-28-19)20-21-14(10-27-20)7-8-16(24-4)13(3)17(25-5)9-18(23)26-6/h7-10,12-13,15-16H,11H2,1-6H3/b8-7+,17-9+. The molecule has 0 aromatic carbocycles. The molecule has 0 aliphatic carbocycles. The molecule has 0 spiro atoms. The van der Waals surface area contributed by atoms with E-state index in [-0.39, 0.29) is 18.1 Å². The zero-order chi connectivity index (χ0) is 20.7. The van der Waals surface area contributed by atoms with E-state index in [2.05, 4.69) is 18.6 Å². The first-order valence-electron chi connectivity index (χ1n) is 9.10. The highest BCUT2D eigenvalue weighted by molar-refractivity contribution is 8.14. The summed E-state index contributed by atoms with van der Waals surface area (Å²) >= 11 is 3.45. The number of esters is 1. The minimum absolute atomic E-state index is 0.148. The molecule has 1 aromatic rings. The van der Waals surface area contributed by atoms with Crippen molar-refractivity contribution in [3.05, 3.63) is 34.0 Å². The molecule has 1 aliphatic rings. The van der Waals surface area contributed by atoms with E-state index in [1.54, 1.807) is 18.4 Å². The first-order chi connectivity index (χ1) is 13.4. The van der Waals surface area contributed by atoms with Crippen LogP contribution in [0.15, 0.2) is 28.3 Å². The molecule has 0 amide bonds. The number of thiazole rings is 1. The molecule has 0 saturated carbocycles. The molecule has 0 saturated heterocycles. The van der Waals surface area contributed by atoms with Gasteiger partial charge in [0, 0.05) is 30.1 Å². The van der Waals surface area contributed by atoms with Crippen molar-refractivity contribution < 1.29 is 19.0 Å². The highest BCUT2D eigenvalue weighted by atomic mass is 32.2. The Hall–Kier alpha value is -1.64. The molecule has 2 heterocycles. The Kier molecular flexibility index (Phi) is 8.72. The van der Waals surface area contributed by atoms with Crippen LogP contribution in [0.3, 0.4) is 0 Å². The van der Waals surface area contributed by atoms with Gasteiger partial charge in [-0.25, -0.2) is 9.78 Å². The zero-order valence-corrected chi connectivity index (χ0v) is 18.8. The van der Waals surface area contributed by atoms with Gasteiger partial charge in [0.05, 0.1) is 37.1 Å². The fourth-order valence-electron chi connectivity index (χ4n) is 2.72. The summed E-state index contributed by atoms with van der Waals surface area (Å²) < 4.78 is 15.6. The Balaban J connectivity index is 2.08. The monoisotopic (exact) mass is 424 g/mol. The molecule has 1 aromatic heterocycles. The summed E-state index contributed by atoms with van der Waals surface area (Å²) in [5.41, 5.74) is 0.878. The van der Waals surface area contributed by atoms with Crippen LogP contribution in [-0.4, -0.2) is 49.2 Å². The molecular formula is C20H28N2O4S2.